The average molecular weight is 169 g/mol. The fourth-order valence-corrected chi connectivity index (χ4v) is 3.09. The van der Waals surface area contributed by atoms with Gasteiger partial charge in [-0.2, -0.15) is 0 Å². The van der Waals surface area contributed by atoms with Gasteiger partial charge in [0.2, 0.25) is 0 Å². The van der Waals surface area contributed by atoms with Crippen LogP contribution in [-0.4, -0.2) is 17.3 Å². The van der Waals surface area contributed by atoms with Crippen molar-refractivity contribution >= 4 is 0 Å². The first-order valence-electron chi connectivity index (χ1n) is 5.05. The van der Waals surface area contributed by atoms with Crippen LogP contribution in [-0.2, 0) is 0 Å². The van der Waals surface area contributed by atoms with Gasteiger partial charge in [0, 0.05) is 6.04 Å². The first kappa shape index (κ1) is 8.52. The van der Waals surface area contributed by atoms with Crippen molar-refractivity contribution in [3.8, 4) is 0 Å². The summed E-state index contributed by atoms with van der Waals surface area (Å²) in [5.41, 5.74) is 6.26. The maximum atomic E-state index is 9.66. The highest BCUT2D eigenvalue weighted by Crippen LogP contribution is 2.51. The smallest absolute Gasteiger partial charge is 0.0696 e. The minimum absolute atomic E-state index is 0.0428. The fourth-order valence-electron chi connectivity index (χ4n) is 3.09. The van der Waals surface area contributed by atoms with Gasteiger partial charge in [-0.25, -0.2) is 0 Å². The van der Waals surface area contributed by atoms with E-state index in [1.807, 2.05) is 0 Å². The van der Waals surface area contributed by atoms with Gasteiger partial charge in [0.1, 0.15) is 0 Å². The molecule has 0 aromatic rings. The van der Waals surface area contributed by atoms with Gasteiger partial charge in [-0.1, -0.05) is 13.3 Å². The summed E-state index contributed by atoms with van der Waals surface area (Å²) in [7, 11) is 0. The van der Waals surface area contributed by atoms with E-state index in [9.17, 15) is 5.11 Å². The molecule has 2 aliphatic rings. The number of aliphatic hydroxyl groups is 1. The highest BCUT2D eigenvalue weighted by atomic mass is 16.3. The van der Waals surface area contributed by atoms with Crippen LogP contribution in [0.4, 0.5) is 0 Å². The third-order valence-corrected chi connectivity index (χ3v) is 4.01. The Kier molecular flexibility index (Phi) is 1.92. The van der Waals surface area contributed by atoms with Crippen LogP contribution in [0.1, 0.15) is 39.0 Å². The van der Waals surface area contributed by atoms with Gasteiger partial charge >= 0.3 is 0 Å². The molecule has 0 heterocycles. The van der Waals surface area contributed by atoms with Crippen LogP contribution < -0.4 is 5.73 Å². The summed E-state index contributed by atoms with van der Waals surface area (Å²) >= 11 is 0. The van der Waals surface area contributed by atoms with Crippen molar-refractivity contribution < 1.29 is 5.11 Å². The number of fused-ring (bicyclic) bond motifs is 1. The van der Waals surface area contributed by atoms with Crippen LogP contribution in [0.15, 0.2) is 0 Å². The van der Waals surface area contributed by atoms with Crippen molar-refractivity contribution in [1.82, 2.24) is 0 Å². The van der Waals surface area contributed by atoms with Crippen molar-refractivity contribution in [1.29, 1.82) is 0 Å². The highest BCUT2D eigenvalue weighted by Gasteiger charge is 2.45. The Morgan fingerprint density at radius 3 is 3.00 bits per heavy atom. The average Bonchev–Trinajstić information content (AvgIpc) is 2.32. The largest absolute Gasteiger partial charge is 0.391 e. The molecule has 0 radical (unpaired) electrons. The summed E-state index contributed by atoms with van der Waals surface area (Å²) in [6.45, 7) is 2.32. The van der Waals surface area contributed by atoms with Crippen LogP contribution in [0.3, 0.4) is 0 Å². The molecule has 0 aromatic carbocycles. The fraction of sp³-hybridized carbons (Fsp3) is 1.00. The Bertz CT molecular complexity index is 183. The molecule has 0 aromatic heterocycles. The molecule has 0 amide bonds. The Morgan fingerprint density at radius 1 is 1.50 bits per heavy atom. The van der Waals surface area contributed by atoms with E-state index in [1.54, 1.807) is 0 Å². The predicted octanol–water partition coefficient (Wildman–Crippen LogP) is 1.27. The molecule has 2 heteroatoms. The van der Waals surface area contributed by atoms with Gasteiger partial charge in [-0.05, 0) is 37.0 Å². The Morgan fingerprint density at radius 2 is 2.25 bits per heavy atom. The molecular formula is C10H19NO. The normalized spacial score (nSPS) is 53.8. The first-order valence-corrected chi connectivity index (χ1v) is 5.05. The van der Waals surface area contributed by atoms with E-state index in [1.165, 1.54) is 19.3 Å². The molecule has 2 aliphatic carbocycles. The topological polar surface area (TPSA) is 46.2 Å². The summed E-state index contributed by atoms with van der Waals surface area (Å²) in [6.07, 6.45) is 5.68. The number of nitrogens with two attached hydrogens (primary N) is 1. The molecule has 0 bridgehead atoms. The second kappa shape index (κ2) is 2.71. The van der Waals surface area contributed by atoms with Crippen molar-refractivity contribution in [3.05, 3.63) is 0 Å². The summed E-state index contributed by atoms with van der Waals surface area (Å²) in [5, 5.41) is 9.66. The molecule has 3 N–H and O–H groups in total. The molecule has 2 saturated carbocycles. The number of hydrogen-bond acceptors (Lipinski definition) is 2. The molecule has 0 spiro atoms. The van der Waals surface area contributed by atoms with E-state index in [4.69, 9.17) is 5.73 Å². The monoisotopic (exact) mass is 169 g/mol. The summed E-state index contributed by atoms with van der Waals surface area (Å²) in [6, 6.07) is 0.0428. The maximum Gasteiger partial charge on any atom is 0.0696 e. The predicted molar refractivity (Wildman–Crippen MR) is 48.7 cm³/mol. The van der Waals surface area contributed by atoms with Gasteiger partial charge in [-0.3, -0.25) is 0 Å². The van der Waals surface area contributed by atoms with E-state index in [0.29, 0.717) is 5.41 Å². The minimum atomic E-state index is -0.246. The van der Waals surface area contributed by atoms with Gasteiger partial charge < -0.3 is 10.8 Å². The van der Waals surface area contributed by atoms with Crippen molar-refractivity contribution in [2.24, 2.45) is 17.1 Å². The summed E-state index contributed by atoms with van der Waals surface area (Å²) in [5.74, 6) is 0.788. The molecule has 2 nitrogen and oxygen atoms in total. The van der Waals surface area contributed by atoms with Gasteiger partial charge in [-0.15, -0.1) is 0 Å². The molecule has 0 unspecified atom stereocenters. The lowest BCUT2D eigenvalue weighted by Gasteiger charge is -2.41. The Balaban J connectivity index is 2.12. The molecule has 0 aliphatic heterocycles. The SMILES string of the molecule is C[C@]12CCC[C@@H]1C[C@@H](N)[C@H](O)C2. The minimum Gasteiger partial charge on any atom is -0.391 e. The second-order valence-corrected chi connectivity index (χ2v) is 4.91. The van der Waals surface area contributed by atoms with Crippen LogP contribution in [0, 0.1) is 11.3 Å². The molecular weight excluding hydrogens is 150 g/mol. The van der Waals surface area contributed by atoms with Crippen molar-refractivity contribution in [2.75, 3.05) is 0 Å². The zero-order chi connectivity index (χ0) is 8.77. The quantitative estimate of drug-likeness (QED) is 0.573. The number of aliphatic hydroxyl groups excluding tert-OH is 1. The van der Waals surface area contributed by atoms with Crippen LogP contribution >= 0.6 is 0 Å². The summed E-state index contributed by atoms with van der Waals surface area (Å²) in [4.78, 5) is 0. The molecule has 2 fully saturated rings. The van der Waals surface area contributed by atoms with Crippen molar-refractivity contribution in [3.63, 3.8) is 0 Å². The Labute approximate surface area is 74.1 Å². The molecule has 4 atom stereocenters. The maximum absolute atomic E-state index is 9.66. The zero-order valence-electron chi connectivity index (χ0n) is 7.79. The number of rotatable bonds is 0. The molecule has 0 saturated heterocycles. The standard InChI is InChI=1S/C10H19NO/c1-10-4-2-3-7(10)5-8(11)9(12)6-10/h7-9,12H,2-6,11H2,1H3/t7-,8-,9-,10-/m1/s1. The van der Waals surface area contributed by atoms with E-state index < -0.39 is 0 Å². The summed E-state index contributed by atoms with van der Waals surface area (Å²) < 4.78 is 0. The second-order valence-electron chi connectivity index (χ2n) is 4.91. The van der Waals surface area contributed by atoms with E-state index in [-0.39, 0.29) is 12.1 Å². The molecule has 70 valence electrons. The van der Waals surface area contributed by atoms with E-state index in [0.717, 1.165) is 18.8 Å². The lowest BCUT2D eigenvalue weighted by molar-refractivity contribution is 0.0130. The Hall–Kier alpha value is -0.0800. The third-order valence-electron chi connectivity index (χ3n) is 4.01. The third kappa shape index (κ3) is 1.17. The van der Waals surface area contributed by atoms with Gasteiger partial charge in [0.05, 0.1) is 6.10 Å². The van der Waals surface area contributed by atoms with E-state index in [2.05, 4.69) is 6.92 Å². The number of hydrogen-bond donors (Lipinski definition) is 2. The molecule has 2 rings (SSSR count). The van der Waals surface area contributed by atoms with Gasteiger partial charge in [0.15, 0.2) is 0 Å². The van der Waals surface area contributed by atoms with Crippen molar-refractivity contribution in [2.45, 2.75) is 51.2 Å². The van der Waals surface area contributed by atoms with Crippen LogP contribution in [0.25, 0.3) is 0 Å². The van der Waals surface area contributed by atoms with Crippen LogP contribution in [0.5, 0.6) is 0 Å². The molecule has 12 heavy (non-hydrogen) atoms. The lowest BCUT2D eigenvalue weighted by Crippen LogP contribution is -2.46. The van der Waals surface area contributed by atoms with E-state index >= 15 is 0 Å². The van der Waals surface area contributed by atoms with Gasteiger partial charge in [0.25, 0.3) is 0 Å². The lowest BCUT2D eigenvalue weighted by atomic mass is 9.67. The van der Waals surface area contributed by atoms with Crippen LogP contribution in [0.2, 0.25) is 0 Å². The highest BCUT2D eigenvalue weighted by molar-refractivity contribution is 4.98. The first-order chi connectivity index (χ1) is 5.62. The zero-order valence-corrected chi connectivity index (χ0v) is 7.79.